The van der Waals surface area contributed by atoms with Crippen molar-refractivity contribution in [1.29, 1.82) is 0 Å². The average molecular weight is 490 g/mol. The Kier molecular flexibility index (Phi) is 6.59. The van der Waals surface area contributed by atoms with E-state index in [1.165, 1.54) is 12.8 Å². The van der Waals surface area contributed by atoms with Crippen LogP contribution in [0.3, 0.4) is 0 Å². The number of carbonyl (C=O) groups is 1. The lowest BCUT2D eigenvalue weighted by molar-refractivity contribution is 0.0713. The van der Waals surface area contributed by atoms with Crippen LogP contribution in [0.5, 0.6) is 0 Å². The molecule has 6 rings (SSSR count). The summed E-state index contributed by atoms with van der Waals surface area (Å²) in [6, 6.07) is 6.02. The third-order valence-electron chi connectivity index (χ3n) is 7.46. The molecule has 0 saturated carbocycles. The lowest BCUT2D eigenvalue weighted by atomic mass is 10.1. The second-order valence-corrected chi connectivity index (χ2v) is 9.94. The van der Waals surface area contributed by atoms with Crippen molar-refractivity contribution in [2.24, 2.45) is 0 Å². The van der Waals surface area contributed by atoms with Gasteiger partial charge in [0.15, 0.2) is 5.65 Å². The van der Waals surface area contributed by atoms with E-state index in [9.17, 15) is 4.79 Å². The molecule has 0 spiro atoms. The van der Waals surface area contributed by atoms with Gasteiger partial charge in [0.05, 0.1) is 11.9 Å². The first kappa shape index (κ1) is 23.0. The van der Waals surface area contributed by atoms with E-state index < -0.39 is 0 Å². The minimum absolute atomic E-state index is 0.0953. The van der Waals surface area contributed by atoms with Gasteiger partial charge in [-0.2, -0.15) is 4.98 Å². The molecule has 0 unspecified atom stereocenters. The summed E-state index contributed by atoms with van der Waals surface area (Å²) in [4.78, 5) is 31.9. The monoisotopic (exact) mass is 489 g/mol. The lowest BCUT2D eigenvalue weighted by Gasteiger charge is -2.33. The zero-order valence-electron chi connectivity index (χ0n) is 20.8. The molecule has 0 aromatic carbocycles. The standard InChI is InChI=1S/C26H35N9O/c36-25(33-11-3-1-4-12-33)22-17-20-18-29-26(31-24(20)35(22)34-13-5-2-6-14-34)30-23-8-7-21(19-28-23)32-15-9-27-10-16-32/h7-8,17-19,27H,1-6,9-16H2,(H,28,29,30,31). The maximum Gasteiger partial charge on any atom is 0.272 e. The normalized spacial score (nSPS) is 19.1. The van der Waals surface area contributed by atoms with Crippen LogP contribution in [0.25, 0.3) is 11.0 Å². The van der Waals surface area contributed by atoms with Crippen LogP contribution in [0.1, 0.15) is 49.0 Å². The first-order valence-electron chi connectivity index (χ1n) is 13.4. The highest BCUT2D eigenvalue weighted by Gasteiger charge is 2.27. The largest absolute Gasteiger partial charge is 0.368 e. The zero-order chi connectivity index (χ0) is 24.3. The number of rotatable bonds is 5. The van der Waals surface area contributed by atoms with Crippen LogP contribution in [0, 0.1) is 0 Å². The number of nitrogens with zero attached hydrogens (tertiary/aromatic N) is 7. The molecule has 10 nitrogen and oxygen atoms in total. The van der Waals surface area contributed by atoms with Gasteiger partial charge >= 0.3 is 0 Å². The van der Waals surface area contributed by atoms with Gasteiger partial charge in [-0.15, -0.1) is 0 Å². The van der Waals surface area contributed by atoms with Gasteiger partial charge < -0.3 is 25.4 Å². The number of anilines is 3. The average Bonchev–Trinajstić information content (AvgIpc) is 3.33. The molecule has 3 saturated heterocycles. The van der Waals surface area contributed by atoms with Gasteiger partial charge in [0.25, 0.3) is 5.91 Å². The molecule has 3 aromatic heterocycles. The van der Waals surface area contributed by atoms with Crippen LogP contribution in [-0.2, 0) is 0 Å². The fourth-order valence-electron chi connectivity index (χ4n) is 5.50. The second-order valence-electron chi connectivity index (χ2n) is 9.94. The molecule has 3 fully saturated rings. The number of likely N-dealkylation sites (tertiary alicyclic amines) is 1. The van der Waals surface area contributed by atoms with Crippen molar-refractivity contribution >= 4 is 34.4 Å². The number of fused-ring (bicyclic) bond motifs is 1. The highest BCUT2D eigenvalue weighted by atomic mass is 16.2. The SMILES string of the molecule is O=C(c1cc2cnc(Nc3ccc(N4CCNCC4)cn3)nc2n1N1CCCCC1)N1CCCCC1. The Labute approximate surface area is 211 Å². The molecule has 3 aliphatic heterocycles. The fraction of sp³-hybridized carbons (Fsp3) is 0.538. The van der Waals surface area contributed by atoms with Crippen LogP contribution in [0.4, 0.5) is 17.5 Å². The molecule has 190 valence electrons. The molecule has 0 bridgehead atoms. The number of piperidine rings is 2. The van der Waals surface area contributed by atoms with Crippen molar-refractivity contribution in [3.8, 4) is 0 Å². The van der Waals surface area contributed by atoms with Gasteiger partial charge in [-0.05, 0) is 56.7 Å². The molecule has 3 aromatic rings. The molecule has 0 radical (unpaired) electrons. The van der Waals surface area contributed by atoms with Gasteiger partial charge in [-0.3, -0.25) is 4.79 Å². The summed E-state index contributed by atoms with van der Waals surface area (Å²) < 4.78 is 2.05. The van der Waals surface area contributed by atoms with Crippen molar-refractivity contribution in [2.45, 2.75) is 38.5 Å². The summed E-state index contributed by atoms with van der Waals surface area (Å²) >= 11 is 0. The number of hydrogen-bond donors (Lipinski definition) is 2. The van der Waals surface area contributed by atoms with E-state index in [1.54, 1.807) is 0 Å². The van der Waals surface area contributed by atoms with E-state index in [0.717, 1.165) is 94.8 Å². The Bertz CT molecular complexity index is 1190. The summed E-state index contributed by atoms with van der Waals surface area (Å²) in [5, 5.41) is 9.81. The van der Waals surface area contributed by atoms with E-state index in [4.69, 9.17) is 4.98 Å². The van der Waals surface area contributed by atoms with Crippen molar-refractivity contribution < 1.29 is 4.79 Å². The molecular formula is C26H35N9O. The molecule has 2 N–H and O–H groups in total. The summed E-state index contributed by atoms with van der Waals surface area (Å²) in [5.74, 6) is 1.28. The molecule has 0 atom stereocenters. The smallest absolute Gasteiger partial charge is 0.272 e. The lowest BCUT2D eigenvalue weighted by Crippen LogP contribution is -2.43. The molecule has 1 amide bonds. The maximum atomic E-state index is 13.6. The predicted molar refractivity (Wildman–Crippen MR) is 142 cm³/mol. The summed E-state index contributed by atoms with van der Waals surface area (Å²) in [6.07, 6.45) is 10.5. The Morgan fingerprint density at radius 1 is 0.861 bits per heavy atom. The number of aromatic nitrogens is 4. The van der Waals surface area contributed by atoms with Gasteiger partial charge in [-0.1, -0.05) is 0 Å². The third-order valence-corrected chi connectivity index (χ3v) is 7.46. The minimum atomic E-state index is 0.0953. The quantitative estimate of drug-likeness (QED) is 0.565. The second kappa shape index (κ2) is 10.3. The number of hydrogen-bond acceptors (Lipinski definition) is 8. The fourth-order valence-corrected chi connectivity index (χ4v) is 5.50. The maximum absolute atomic E-state index is 13.6. The Morgan fingerprint density at radius 2 is 1.61 bits per heavy atom. The van der Waals surface area contributed by atoms with Gasteiger partial charge in [-0.25, -0.2) is 14.6 Å². The van der Waals surface area contributed by atoms with Gasteiger partial charge in [0, 0.05) is 63.9 Å². The Balaban J connectivity index is 1.29. The molecule has 0 aliphatic carbocycles. The van der Waals surface area contributed by atoms with E-state index in [1.807, 2.05) is 29.4 Å². The first-order valence-corrected chi connectivity index (χ1v) is 13.4. The minimum Gasteiger partial charge on any atom is -0.368 e. The van der Waals surface area contributed by atoms with Gasteiger partial charge in [0.1, 0.15) is 11.5 Å². The number of amides is 1. The van der Waals surface area contributed by atoms with Crippen LogP contribution in [0.15, 0.2) is 30.6 Å². The van der Waals surface area contributed by atoms with Crippen molar-refractivity contribution in [3.63, 3.8) is 0 Å². The van der Waals surface area contributed by atoms with E-state index in [-0.39, 0.29) is 5.91 Å². The van der Waals surface area contributed by atoms with Crippen LogP contribution in [-0.4, -0.2) is 82.8 Å². The van der Waals surface area contributed by atoms with Gasteiger partial charge in [0.2, 0.25) is 5.95 Å². The number of pyridine rings is 1. The van der Waals surface area contributed by atoms with Crippen LogP contribution < -0.4 is 20.5 Å². The third kappa shape index (κ3) is 4.69. The van der Waals surface area contributed by atoms with E-state index >= 15 is 0 Å². The highest BCUT2D eigenvalue weighted by molar-refractivity contribution is 5.98. The predicted octanol–water partition coefficient (Wildman–Crippen LogP) is 2.73. The summed E-state index contributed by atoms with van der Waals surface area (Å²) in [6.45, 7) is 7.46. The molecule has 36 heavy (non-hydrogen) atoms. The van der Waals surface area contributed by atoms with Crippen molar-refractivity contribution in [1.82, 2.24) is 29.8 Å². The molecule has 10 heteroatoms. The summed E-state index contributed by atoms with van der Waals surface area (Å²) in [7, 11) is 0. The van der Waals surface area contributed by atoms with Crippen molar-refractivity contribution in [2.75, 3.05) is 67.6 Å². The van der Waals surface area contributed by atoms with E-state index in [2.05, 4.69) is 41.3 Å². The topological polar surface area (TPSA) is 94.4 Å². The highest BCUT2D eigenvalue weighted by Crippen LogP contribution is 2.25. The van der Waals surface area contributed by atoms with E-state index in [0.29, 0.717) is 17.5 Å². The Morgan fingerprint density at radius 3 is 2.33 bits per heavy atom. The Hall–Kier alpha value is -3.40. The zero-order valence-corrected chi connectivity index (χ0v) is 20.8. The number of piperazine rings is 1. The number of nitrogens with one attached hydrogen (secondary N) is 2. The molecule has 6 heterocycles. The number of carbonyl (C=O) groups excluding carboxylic acids is 1. The molecule has 3 aliphatic rings. The first-order chi connectivity index (χ1) is 17.8. The van der Waals surface area contributed by atoms with Crippen LogP contribution in [0.2, 0.25) is 0 Å². The molecular weight excluding hydrogens is 454 g/mol. The summed E-state index contributed by atoms with van der Waals surface area (Å²) in [5.41, 5.74) is 2.59. The van der Waals surface area contributed by atoms with Crippen molar-refractivity contribution in [3.05, 3.63) is 36.3 Å². The van der Waals surface area contributed by atoms with Crippen LogP contribution >= 0.6 is 0 Å².